The molecule has 0 amide bonds. The van der Waals surface area contributed by atoms with Crippen LogP contribution in [0.2, 0.25) is 0 Å². The summed E-state index contributed by atoms with van der Waals surface area (Å²) in [6.45, 7) is 4.08. The summed E-state index contributed by atoms with van der Waals surface area (Å²) in [5.74, 6) is 0. The van der Waals surface area contributed by atoms with E-state index >= 15 is 0 Å². The molecule has 0 saturated carbocycles. The third kappa shape index (κ3) is 19.2. The molecule has 0 aliphatic carbocycles. The van der Waals surface area contributed by atoms with Crippen molar-refractivity contribution in [3.05, 3.63) is 0 Å². The van der Waals surface area contributed by atoms with Crippen molar-refractivity contribution >= 4 is 10.1 Å². The fraction of sp³-hybridized carbons (Fsp3) is 1.00. The standard InChI is InChI=1S/C21H44O4S.K/c1-3-5-6-7-8-9-10-11-12-13-14-15-16-17-19-20(22)21(18-4-2)26(23,24)25;/h20-22H,3-19H2,1-2H3,(H,23,24,25);/q;+1/p-1. The topological polar surface area (TPSA) is 77.4 Å². The second kappa shape index (κ2) is 20.8. The van der Waals surface area contributed by atoms with Crippen LogP contribution in [0.3, 0.4) is 0 Å². The predicted molar refractivity (Wildman–Crippen MR) is 109 cm³/mol. The molecule has 2 atom stereocenters. The molecule has 0 fully saturated rings. The van der Waals surface area contributed by atoms with Crippen molar-refractivity contribution < 1.29 is 69.5 Å². The maximum Gasteiger partial charge on any atom is 1.00 e. The second-order valence-corrected chi connectivity index (χ2v) is 9.36. The summed E-state index contributed by atoms with van der Waals surface area (Å²) in [7, 11) is -4.40. The molecule has 6 heteroatoms. The van der Waals surface area contributed by atoms with Gasteiger partial charge in [-0.1, -0.05) is 110 Å². The molecule has 0 spiro atoms. The number of unbranched alkanes of at least 4 members (excludes halogenated alkanes) is 13. The summed E-state index contributed by atoms with van der Waals surface area (Å²) in [6.07, 6.45) is 18.0. The summed E-state index contributed by atoms with van der Waals surface area (Å²) in [5.41, 5.74) is 0. The molecule has 0 saturated heterocycles. The fourth-order valence-electron chi connectivity index (χ4n) is 3.55. The number of aliphatic hydroxyl groups excluding tert-OH is 1. The first-order chi connectivity index (χ1) is 12.4. The van der Waals surface area contributed by atoms with Gasteiger partial charge in [0.05, 0.1) is 11.4 Å². The Morgan fingerprint density at radius 2 is 1.04 bits per heavy atom. The normalized spacial score (nSPS) is 13.9. The van der Waals surface area contributed by atoms with E-state index < -0.39 is 21.5 Å². The van der Waals surface area contributed by atoms with Gasteiger partial charge in [-0.25, -0.2) is 8.42 Å². The molecule has 0 aromatic rings. The smallest absolute Gasteiger partial charge is 0.748 e. The number of hydrogen-bond donors (Lipinski definition) is 1. The van der Waals surface area contributed by atoms with Crippen molar-refractivity contribution in [1.82, 2.24) is 0 Å². The Kier molecular flexibility index (Phi) is 23.6. The summed E-state index contributed by atoms with van der Waals surface area (Å²) in [5, 5.41) is 8.86. The van der Waals surface area contributed by atoms with Crippen molar-refractivity contribution in [2.75, 3.05) is 0 Å². The van der Waals surface area contributed by atoms with Gasteiger partial charge in [-0.2, -0.15) is 0 Å². The van der Waals surface area contributed by atoms with Crippen molar-refractivity contribution in [2.45, 2.75) is 134 Å². The first kappa shape index (κ1) is 30.7. The fourth-order valence-corrected chi connectivity index (χ4v) is 4.59. The maximum absolute atomic E-state index is 11.2. The van der Waals surface area contributed by atoms with E-state index in [1.54, 1.807) is 0 Å². The van der Waals surface area contributed by atoms with Crippen LogP contribution in [0.25, 0.3) is 0 Å². The van der Waals surface area contributed by atoms with Crippen LogP contribution < -0.4 is 51.4 Å². The van der Waals surface area contributed by atoms with Gasteiger partial charge in [0, 0.05) is 0 Å². The van der Waals surface area contributed by atoms with Crippen LogP contribution in [0, 0.1) is 0 Å². The van der Waals surface area contributed by atoms with Crippen LogP contribution in [0.4, 0.5) is 0 Å². The van der Waals surface area contributed by atoms with Gasteiger partial charge in [0.25, 0.3) is 0 Å². The largest absolute Gasteiger partial charge is 1.00 e. The monoisotopic (exact) mass is 430 g/mol. The third-order valence-corrected chi connectivity index (χ3v) is 6.52. The van der Waals surface area contributed by atoms with E-state index in [4.69, 9.17) is 0 Å². The van der Waals surface area contributed by atoms with Crippen molar-refractivity contribution in [1.29, 1.82) is 0 Å². The molecule has 0 rings (SSSR count). The van der Waals surface area contributed by atoms with Crippen LogP contribution in [-0.4, -0.2) is 29.4 Å². The third-order valence-electron chi connectivity index (χ3n) is 5.23. The van der Waals surface area contributed by atoms with Gasteiger partial charge in [-0.05, 0) is 12.8 Å². The Morgan fingerprint density at radius 1 is 0.667 bits per heavy atom. The van der Waals surface area contributed by atoms with Gasteiger partial charge in [0.15, 0.2) is 0 Å². The van der Waals surface area contributed by atoms with Gasteiger partial charge < -0.3 is 9.66 Å². The van der Waals surface area contributed by atoms with Crippen LogP contribution in [0.5, 0.6) is 0 Å². The van der Waals surface area contributed by atoms with E-state index in [9.17, 15) is 18.1 Å². The molecule has 4 nitrogen and oxygen atoms in total. The molecule has 27 heavy (non-hydrogen) atoms. The van der Waals surface area contributed by atoms with Crippen molar-refractivity contribution in [2.24, 2.45) is 0 Å². The SMILES string of the molecule is CCCCCCCCCCCCCCCCC(O)C(CCC)S(=O)(=O)[O-].[K+]. The zero-order chi connectivity index (χ0) is 19.7. The Balaban J connectivity index is 0. The van der Waals surface area contributed by atoms with Crippen LogP contribution >= 0.6 is 0 Å². The van der Waals surface area contributed by atoms with Gasteiger partial charge in [0.2, 0.25) is 0 Å². The molecule has 0 radical (unpaired) electrons. The number of hydrogen-bond acceptors (Lipinski definition) is 4. The number of rotatable bonds is 19. The molecule has 0 aromatic heterocycles. The summed E-state index contributed by atoms with van der Waals surface area (Å²) >= 11 is 0. The zero-order valence-electron chi connectivity index (χ0n) is 18.3. The van der Waals surface area contributed by atoms with E-state index in [-0.39, 0.29) is 57.8 Å². The first-order valence-electron chi connectivity index (χ1n) is 11.1. The molecule has 1 N–H and O–H groups in total. The van der Waals surface area contributed by atoms with E-state index in [0.29, 0.717) is 12.8 Å². The van der Waals surface area contributed by atoms with Crippen molar-refractivity contribution in [3.63, 3.8) is 0 Å². The van der Waals surface area contributed by atoms with E-state index in [0.717, 1.165) is 19.3 Å². The van der Waals surface area contributed by atoms with E-state index in [2.05, 4.69) is 6.92 Å². The molecule has 158 valence electrons. The Bertz CT molecular complexity index is 401. The molecule has 0 aromatic carbocycles. The Labute approximate surface area is 211 Å². The van der Waals surface area contributed by atoms with Crippen LogP contribution in [0.15, 0.2) is 0 Å². The Morgan fingerprint density at radius 3 is 1.37 bits per heavy atom. The molecular formula is C21H43KO4S. The molecule has 0 aliphatic heterocycles. The van der Waals surface area contributed by atoms with Crippen LogP contribution in [-0.2, 0) is 10.1 Å². The average molecular weight is 431 g/mol. The molecule has 0 bridgehead atoms. The van der Waals surface area contributed by atoms with Gasteiger partial charge in [-0.3, -0.25) is 0 Å². The van der Waals surface area contributed by atoms with E-state index in [1.165, 1.54) is 70.6 Å². The van der Waals surface area contributed by atoms with Crippen molar-refractivity contribution in [3.8, 4) is 0 Å². The second-order valence-electron chi connectivity index (χ2n) is 7.77. The van der Waals surface area contributed by atoms with Gasteiger partial charge in [-0.15, -0.1) is 0 Å². The van der Waals surface area contributed by atoms with Crippen LogP contribution in [0.1, 0.15) is 123 Å². The summed E-state index contributed by atoms with van der Waals surface area (Å²) in [4.78, 5) is 0. The number of aliphatic hydroxyl groups is 1. The first-order valence-corrected chi connectivity index (χ1v) is 12.5. The molecule has 2 unspecified atom stereocenters. The molecular weight excluding hydrogens is 387 g/mol. The predicted octanol–water partition coefficient (Wildman–Crippen LogP) is 2.94. The zero-order valence-corrected chi connectivity index (χ0v) is 22.2. The minimum absolute atomic E-state index is 0. The minimum atomic E-state index is -4.40. The maximum atomic E-state index is 11.2. The Hall–Kier alpha value is 1.51. The molecule has 0 heterocycles. The average Bonchev–Trinajstić information content (AvgIpc) is 2.58. The molecule has 0 aliphatic rings. The summed E-state index contributed by atoms with van der Waals surface area (Å²) in [6, 6.07) is 0. The summed E-state index contributed by atoms with van der Waals surface area (Å²) < 4.78 is 33.6. The van der Waals surface area contributed by atoms with Gasteiger partial charge in [0.1, 0.15) is 10.1 Å². The minimum Gasteiger partial charge on any atom is -0.748 e. The van der Waals surface area contributed by atoms with Gasteiger partial charge >= 0.3 is 51.4 Å². The van der Waals surface area contributed by atoms with E-state index in [1.807, 2.05) is 6.92 Å². The quantitative estimate of drug-likeness (QED) is 0.194.